The van der Waals surface area contributed by atoms with Crippen LogP contribution in [0, 0.1) is 0 Å². The predicted octanol–water partition coefficient (Wildman–Crippen LogP) is 14.2. The van der Waals surface area contributed by atoms with Gasteiger partial charge in [0.1, 0.15) is 0 Å². The van der Waals surface area contributed by atoms with Crippen LogP contribution in [0.25, 0.3) is 116 Å². The minimum atomic E-state index is 0.634. The Bertz CT molecular complexity index is 3310. The predicted molar refractivity (Wildman–Crippen MR) is 241 cm³/mol. The molecule has 0 N–H and O–H groups in total. The lowest BCUT2D eigenvalue weighted by Gasteiger charge is -2.15. The molecule has 1 aliphatic carbocycles. The highest BCUT2D eigenvalue weighted by molar-refractivity contribution is 7.23. The van der Waals surface area contributed by atoms with Crippen LogP contribution in [0.1, 0.15) is 0 Å². The Balaban J connectivity index is 1.13. The van der Waals surface area contributed by atoms with Gasteiger partial charge in [0, 0.05) is 53.7 Å². The second kappa shape index (κ2) is 13.1. The van der Waals surface area contributed by atoms with Crippen LogP contribution >= 0.6 is 11.3 Å². The number of aromatic nitrogens is 4. The van der Waals surface area contributed by atoms with Gasteiger partial charge in [0.05, 0.1) is 11.0 Å². The molecule has 0 saturated carbocycles. The highest BCUT2D eigenvalue weighted by Crippen LogP contribution is 2.55. The van der Waals surface area contributed by atoms with Gasteiger partial charge in [0.2, 0.25) is 0 Å². The van der Waals surface area contributed by atoms with Crippen molar-refractivity contribution in [1.82, 2.24) is 19.5 Å². The molecule has 4 nitrogen and oxygen atoms in total. The molecule has 0 unspecified atom stereocenters. The summed E-state index contributed by atoms with van der Waals surface area (Å²) < 4.78 is 3.72. The molecule has 1 aliphatic rings. The first kappa shape index (κ1) is 32.7. The average molecular weight is 757 g/mol. The van der Waals surface area contributed by atoms with Crippen LogP contribution in [-0.4, -0.2) is 19.5 Å². The van der Waals surface area contributed by atoms with Crippen molar-refractivity contribution in [3.8, 4) is 83.7 Å². The van der Waals surface area contributed by atoms with Gasteiger partial charge in [-0.1, -0.05) is 158 Å². The van der Waals surface area contributed by atoms with E-state index in [4.69, 9.17) is 15.0 Å². The molecule has 8 aromatic carbocycles. The van der Waals surface area contributed by atoms with E-state index >= 15 is 0 Å². The molecule has 0 atom stereocenters. The lowest BCUT2D eigenvalue weighted by molar-refractivity contribution is 1.07. The SMILES string of the molecule is c1ccc(-c2ccc3c(c2)-c2cccc4c2c2c5c-3c(-c3ccccc3)sc5ccc2n4-c2cccc(-c3nc(-c4ccccc4)nc(-c4ccccc4)n3)c2)cc1. The third-order valence-electron chi connectivity index (χ3n) is 11.4. The van der Waals surface area contributed by atoms with Crippen molar-refractivity contribution >= 4 is 43.2 Å². The maximum atomic E-state index is 5.08. The summed E-state index contributed by atoms with van der Waals surface area (Å²) in [6, 6.07) is 69.1. The van der Waals surface area contributed by atoms with E-state index in [1.165, 1.54) is 75.7 Å². The fourth-order valence-electron chi connectivity index (χ4n) is 8.81. The Morgan fingerprint density at radius 1 is 0.345 bits per heavy atom. The molecule has 0 fully saturated rings. The van der Waals surface area contributed by atoms with Gasteiger partial charge in [-0.3, -0.25) is 0 Å². The van der Waals surface area contributed by atoms with Crippen LogP contribution in [0.15, 0.2) is 194 Å². The number of benzene rings is 8. The highest BCUT2D eigenvalue weighted by atomic mass is 32.1. The van der Waals surface area contributed by atoms with E-state index in [0.717, 1.165) is 22.4 Å². The number of hydrogen-bond donors (Lipinski definition) is 0. The molecule has 0 amide bonds. The Morgan fingerprint density at radius 3 is 1.59 bits per heavy atom. The molecule has 0 bridgehead atoms. The molecule has 12 rings (SSSR count). The molecular formula is C53H32N4S. The van der Waals surface area contributed by atoms with Crippen molar-refractivity contribution in [3.05, 3.63) is 194 Å². The van der Waals surface area contributed by atoms with Crippen LogP contribution in [-0.2, 0) is 0 Å². The molecular weight excluding hydrogens is 725 g/mol. The van der Waals surface area contributed by atoms with E-state index < -0.39 is 0 Å². The summed E-state index contributed by atoms with van der Waals surface area (Å²) >= 11 is 1.89. The van der Waals surface area contributed by atoms with Gasteiger partial charge in [-0.25, -0.2) is 15.0 Å². The molecule has 5 heteroatoms. The Hall–Kier alpha value is -7.47. The number of thiophene rings is 1. The Morgan fingerprint density at radius 2 is 0.914 bits per heavy atom. The van der Waals surface area contributed by atoms with E-state index in [2.05, 4.69) is 138 Å². The maximum Gasteiger partial charge on any atom is 0.164 e. The number of nitrogens with zero attached hydrogens (tertiary/aromatic N) is 4. The minimum Gasteiger partial charge on any atom is -0.309 e. The zero-order valence-corrected chi connectivity index (χ0v) is 32.0. The normalized spacial score (nSPS) is 11.8. The topological polar surface area (TPSA) is 43.6 Å². The van der Waals surface area contributed by atoms with Crippen molar-refractivity contribution in [2.75, 3.05) is 0 Å². The van der Waals surface area contributed by atoms with E-state index in [9.17, 15) is 0 Å². The summed E-state index contributed by atoms with van der Waals surface area (Å²) in [5, 5.41) is 3.88. The summed E-state index contributed by atoms with van der Waals surface area (Å²) in [5.41, 5.74) is 14.9. The van der Waals surface area contributed by atoms with Gasteiger partial charge in [-0.05, 0) is 69.8 Å². The zero-order valence-electron chi connectivity index (χ0n) is 31.2. The van der Waals surface area contributed by atoms with Crippen LogP contribution in [0.5, 0.6) is 0 Å². The van der Waals surface area contributed by atoms with Gasteiger partial charge in [-0.15, -0.1) is 11.3 Å². The maximum absolute atomic E-state index is 5.08. The molecule has 3 aromatic heterocycles. The molecule has 0 radical (unpaired) electrons. The largest absolute Gasteiger partial charge is 0.309 e. The number of fused-ring (bicyclic) bond motifs is 3. The zero-order chi connectivity index (χ0) is 38.2. The average Bonchev–Trinajstić information content (AvgIpc) is 3.82. The molecule has 58 heavy (non-hydrogen) atoms. The van der Waals surface area contributed by atoms with Gasteiger partial charge < -0.3 is 4.57 Å². The Labute approximate surface area is 339 Å². The summed E-state index contributed by atoms with van der Waals surface area (Å²) in [6.45, 7) is 0. The number of rotatable bonds is 6. The van der Waals surface area contributed by atoms with Crippen molar-refractivity contribution in [1.29, 1.82) is 0 Å². The monoisotopic (exact) mass is 756 g/mol. The van der Waals surface area contributed by atoms with Crippen LogP contribution in [0.3, 0.4) is 0 Å². The van der Waals surface area contributed by atoms with E-state index in [1.54, 1.807) is 0 Å². The third-order valence-corrected chi connectivity index (χ3v) is 12.6. The first-order valence-corrected chi connectivity index (χ1v) is 20.3. The summed E-state index contributed by atoms with van der Waals surface area (Å²) in [5.74, 6) is 1.93. The third kappa shape index (κ3) is 5.11. The van der Waals surface area contributed by atoms with E-state index in [0.29, 0.717) is 17.5 Å². The van der Waals surface area contributed by atoms with E-state index in [1.807, 2.05) is 72.0 Å². The molecule has 11 aromatic rings. The molecule has 0 aliphatic heterocycles. The quantitative estimate of drug-likeness (QED) is 0.170. The fraction of sp³-hybridized carbons (Fsp3) is 0. The van der Waals surface area contributed by atoms with Crippen molar-refractivity contribution in [2.24, 2.45) is 0 Å². The van der Waals surface area contributed by atoms with Gasteiger partial charge in [0.15, 0.2) is 17.5 Å². The summed E-state index contributed by atoms with van der Waals surface area (Å²) in [4.78, 5) is 16.4. The highest BCUT2D eigenvalue weighted by Gasteiger charge is 2.29. The first-order chi connectivity index (χ1) is 28.8. The molecule has 3 heterocycles. The summed E-state index contributed by atoms with van der Waals surface area (Å²) in [6.07, 6.45) is 0. The lowest BCUT2D eigenvalue weighted by Crippen LogP contribution is -2.01. The second-order valence-corrected chi connectivity index (χ2v) is 15.8. The fourth-order valence-corrected chi connectivity index (χ4v) is 10.0. The molecule has 0 spiro atoms. The van der Waals surface area contributed by atoms with Gasteiger partial charge in [-0.2, -0.15) is 0 Å². The van der Waals surface area contributed by atoms with Gasteiger partial charge >= 0.3 is 0 Å². The van der Waals surface area contributed by atoms with Crippen molar-refractivity contribution < 1.29 is 0 Å². The molecule has 0 saturated heterocycles. The second-order valence-electron chi connectivity index (χ2n) is 14.8. The summed E-state index contributed by atoms with van der Waals surface area (Å²) in [7, 11) is 0. The smallest absolute Gasteiger partial charge is 0.164 e. The first-order valence-electron chi connectivity index (χ1n) is 19.5. The van der Waals surface area contributed by atoms with Gasteiger partial charge in [0.25, 0.3) is 0 Å². The standard InChI is InChI=1S/C53H32N4S/c1-5-15-33(16-6-1)37-27-28-41-42(32-37)40-25-14-26-43-46(40)48-44(29-30-45-49(48)47(41)50(58-45)34-17-7-2-8-18-34)57(43)39-24-13-23-38(31-39)53-55-51(35-19-9-3-10-20-35)54-52(56-53)36-21-11-4-12-22-36/h1-32H. The van der Waals surface area contributed by atoms with Crippen LogP contribution in [0.4, 0.5) is 0 Å². The van der Waals surface area contributed by atoms with Crippen LogP contribution in [0.2, 0.25) is 0 Å². The Kier molecular flexibility index (Phi) is 7.37. The van der Waals surface area contributed by atoms with Crippen molar-refractivity contribution in [2.45, 2.75) is 0 Å². The molecule has 270 valence electrons. The minimum absolute atomic E-state index is 0.634. The van der Waals surface area contributed by atoms with Crippen LogP contribution < -0.4 is 0 Å². The number of hydrogen-bond acceptors (Lipinski definition) is 4. The van der Waals surface area contributed by atoms with Crippen molar-refractivity contribution in [3.63, 3.8) is 0 Å². The van der Waals surface area contributed by atoms with E-state index in [-0.39, 0.29) is 0 Å². The lowest BCUT2D eigenvalue weighted by atomic mass is 9.90.